The molecule has 0 atom stereocenters. The van der Waals surface area contributed by atoms with Crippen LogP contribution in [0.1, 0.15) is 23.3 Å². The van der Waals surface area contributed by atoms with Crippen LogP contribution >= 0.6 is 11.3 Å². The van der Waals surface area contributed by atoms with Crippen LogP contribution in [0, 0.1) is 0 Å². The number of amides is 2. The summed E-state index contributed by atoms with van der Waals surface area (Å²) in [5.74, 6) is 0.226. The van der Waals surface area contributed by atoms with Gasteiger partial charge in [-0.2, -0.15) is 0 Å². The highest BCUT2D eigenvalue weighted by atomic mass is 32.1. The van der Waals surface area contributed by atoms with Crippen molar-refractivity contribution in [3.63, 3.8) is 0 Å². The molecule has 0 unspecified atom stereocenters. The van der Waals surface area contributed by atoms with Crippen LogP contribution in [0.2, 0.25) is 0 Å². The minimum absolute atomic E-state index is 0.0559. The van der Waals surface area contributed by atoms with Gasteiger partial charge in [0.05, 0.1) is 4.88 Å². The van der Waals surface area contributed by atoms with E-state index in [1.54, 1.807) is 6.07 Å². The molecule has 0 aliphatic carbocycles. The van der Waals surface area contributed by atoms with E-state index in [9.17, 15) is 14.4 Å². The van der Waals surface area contributed by atoms with E-state index in [0.29, 0.717) is 44.9 Å². The molecule has 1 aliphatic rings. The Hall–Kier alpha value is -2.72. The summed E-state index contributed by atoms with van der Waals surface area (Å²) >= 11 is 1.50. The van der Waals surface area contributed by atoms with Gasteiger partial charge < -0.3 is 19.8 Å². The first-order valence-electron chi connectivity index (χ1n) is 9.03. The van der Waals surface area contributed by atoms with Gasteiger partial charge in [-0.15, -0.1) is 11.3 Å². The van der Waals surface area contributed by atoms with Gasteiger partial charge in [-0.25, -0.2) is 4.79 Å². The topological polar surface area (TPSA) is 116 Å². The zero-order chi connectivity index (χ0) is 19.9. The molecule has 0 saturated carbocycles. The third-order valence-electron chi connectivity index (χ3n) is 4.55. The number of hydrogen-bond donors (Lipinski definition) is 2. The molecular weight excluding hydrogens is 384 g/mol. The predicted molar refractivity (Wildman–Crippen MR) is 102 cm³/mol. The molecule has 3 heterocycles. The second kappa shape index (κ2) is 9.47. The van der Waals surface area contributed by atoms with Gasteiger partial charge in [0.1, 0.15) is 5.78 Å². The molecule has 1 aliphatic heterocycles. The zero-order valence-corrected chi connectivity index (χ0v) is 16.1. The number of carbonyl (C=O) groups is 3. The highest BCUT2D eigenvalue weighted by Crippen LogP contribution is 2.24. The lowest BCUT2D eigenvalue weighted by atomic mass is 10.2. The fourth-order valence-electron chi connectivity index (χ4n) is 2.89. The fraction of sp³-hybridized carbons (Fsp3) is 0.444. The molecule has 1 fully saturated rings. The van der Waals surface area contributed by atoms with Gasteiger partial charge in [0.25, 0.3) is 5.91 Å². The van der Waals surface area contributed by atoms with Crippen LogP contribution in [0.3, 0.4) is 0 Å². The summed E-state index contributed by atoms with van der Waals surface area (Å²) < 4.78 is 5.17. The van der Waals surface area contributed by atoms with Gasteiger partial charge in [0.15, 0.2) is 11.5 Å². The monoisotopic (exact) mass is 406 g/mol. The van der Waals surface area contributed by atoms with Crippen molar-refractivity contribution in [2.75, 3.05) is 39.3 Å². The number of rotatable bonds is 8. The lowest BCUT2D eigenvalue weighted by Crippen LogP contribution is -2.48. The highest BCUT2D eigenvalue weighted by Gasteiger charge is 2.20. The van der Waals surface area contributed by atoms with E-state index in [0.717, 1.165) is 4.88 Å². The van der Waals surface area contributed by atoms with Gasteiger partial charge in [0, 0.05) is 58.2 Å². The molecule has 2 amide bonds. The van der Waals surface area contributed by atoms with E-state index in [4.69, 9.17) is 9.63 Å². The van der Waals surface area contributed by atoms with E-state index in [1.165, 1.54) is 16.2 Å². The number of nitrogens with one attached hydrogen (secondary N) is 1. The molecular formula is C18H22N4O5S. The smallest absolute Gasteiger partial charge is 0.407 e. The summed E-state index contributed by atoms with van der Waals surface area (Å²) in [4.78, 5) is 39.3. The Balaban J connectivity index is 1.33. The van der Waals surface area contributed by atoms with Crippen LogP contribution in [0.15, 0.2) is 28.1 Å². The molecule has 10 heteroatoms. The molecule has 28 heavy (non-hydrogen) atoms. The molecule has 150 valence electrons. The summed E-state index contributed by atoms with van der Waals surface area (Å²) in [5.41, 5.74) is 0.187. The first kappa shape index (κ1) is 20.0. The van der Waals surface area contributed by atoms with Gasteiger partial charge >= 0.3 is 6.09 Å². The van der Waals surface area contributed by atoms with Crippen molar-refractivity contribution in [3.05, 3.63) is 29.3 Å². The van der Waals surface area contributed by atoms with Crippen LogP contribution in [0.4, 0.5) is 4.79 Å². The Kier molecular flexibility index (Phi) is 6.77. The molecule has 0 spiro atoms. The average Bonchev–Trinajstić information content (AvgIpc) is 3.38. The van der Waals surface area contributed by atoms with E-state index < -0.39 is 6.09 Å². The molecule has 2 aromatic rings. The molecule has 0 bridgehead atoms. The van der Waals surface area contributed by atoms with Crippen LogP contribution in [0.5, 0.6) is 0 Å². The van der Waals surface area contributed by atoms with Crippen molar-refractivity contribution in [2.45, 2.75) is 12.8 Å². The number of carboxylic acid groups (broad SMARTS) is 1. The van der Waals surface area contributed by atoms with Gasteiger partial charge in [-0.3, -0.25) is 14.5 Å². The lowest BCUT2D eigenvalue weighted by molar-refractivity contribution is -0.119. The van der Waals surface area contributed by atoms with E-state index in [2.05, 4.69) is 15.4 Å². The maximum atomic E-state index is 12.1. The number of nitrogens with zero attached hydrogens (tertiary/aromatic N) is 3. The number of piperazine rings is 1. The third kappa shape index (κ3) is 5.40. The summed E-state index contributed by atoms with van der Waals surface area (Å²) in [6, 6.07) is 5.35. The normalized spacial score (nSPS) is 14.8. The Morgan fingerprint density at radius 3 is 2.68 bits per heavy atom. The molecule has 9 nitrogen and oxygen atoms in total. The maximum absolute atomic E-state index is 12.1. The van der Waals surface area contributed by atoms with Crippen LogP contribution in [0.25, 0.3) is 10.6 Å². The quantitative estimate of drug-likeness (QED) is 0.686. The molecule has 1 saturated heterocycles. The van der Waals surface area contributed by atoms with E-state index in [-0.39, 0.29) is 30.3 Å². The molecule has 0 radical (unpaired) electrons. The number of ketones is 1. The minimum atomic E-state index is -0.902. The number of carbonyl (C=O) groups excluding carboxylic acids is 2. The molecule has 2 N–H and O–H groups in total. The van der Waals surface area contributed by atoms with E-state index in [1.807, 2.05) is 17.5 Å². The Labute approximate surface area is 165 Å². The first-order chi connectivity index (χ1) is 13.5. The average molecular weight is 406 g/mol. The Morgan fingerprint density at radius 2 is 2.00 bits per heavy atom. The second-order valence-electron chi connectivity index (χ2n) is 6.46. The van der Waals surface area contributed by atoms with Gasteiger partial charge in [0.2, 0.25) is 0 Å². The predicted octanol–water partition coefficient (Wildman–Crippen LogP) is 1.78. The molecule has 0 aromatic carbocycles. The molecule has 3 rings (SSSR count). The number of aromatic nitrogens is 1. The Bertz CT molecular complexity index is 812. The SMILES string of the molecule is O=C(CCNC(=O)c1cc(-c2cccs2)on1)CCN1CCN(C(=O)O)CC1. The third-order valence-corrected chi connectivity index (χ3v) is 5.43. The summed E-state index contributed by atoms with van der Waals surface area (Å²) in [5, 5.41) is 17.3. The Morgan fingerprint density at radius 1 is 1.21 bits per heavy atom. The molecule has 2 aromatic heterocycles. The fourth-order valence-corrected chi connectivity index (χ4v) is 3.57. The van der Waals surface area contributed by atoms with Crippen molar-refractivity contribution in [1.82, 2.24) is 20.3 Å². The highest BCUT2D eigenvalue weighted by molar-refractivity contribution is 7.13. The second-order valence-corrected chi connectivity index (χ2v) is 7.41. The largest absolute Gasteiger partial charge is 0.465 e. The van der Waals surface area contributed by atoms with Gasteiger partial charge in [-0.1, -0.05) is 11.2 Å². The number of hydrogen-bond acceptors (Lipinski definition) is 7. The van der Waals surface area contributed by atoms with Crippen molar-refractivity contribution in [3.8, 4) is 10.6 Å². The van der Waals surface area contributed by atoms with Crippen LogP contribution < -0.4 is 5.32 Å². The van der Waals surface area contributed by atoms with Crippen molar-refractivity contribution in [1.29, 1.82) is 0 Å². The van der Waals surface area contributed by atoms with Crippen molar-refractivity contribution >= 4 is 29.1 Å². The summed E-state index contributed by atoms with van der Waals surface area (Å²) in [7, 11) is 0. The summed E-state index contributed by atoms with van der Waals surface area (Å²) in [6.07, 6.45) is -0.271. The van der Waals surface area contributed by atoms with Crippen LogP contribution in [-0.2, 0) is 4.79 Å². The van der Waals surface area contributed by atoms with Crippen LogP contribution in [-0.4, -0.2) is 77.1 Å². The standard InChI is InChI=1S/C18H22N4O5S/c23-13(4-6-21-7-9-22(10-8-21)18(25)26)3-5-19-17(24)14-12-15(27-20-14)16-2-1-11-28-16/h1-2,11-12H,3-10H2,(H,19,24)(H,25,26). The number of thiophene rings is 1. The maximum Gasteiger partial charge on any atom is 0.407 e. The van der Waals surface area contributed by atoms with Crippen molar-refractivity contribution in [2.24, 2.45) is 0 Å². The number of Topliss-reactive ketones (excluding diaryl/α,β-unsaturated/α-hetero) is 1. The summed E-state index contributed by atoms with van der Waals surface area (Å²) in [6.45, 7) is 3.04. The minimum Gasteiger partial charge on any atom is -0.465 e. The first-order valence-corrected chi connectivity index (χ1v) is 9.91. The van der Waals surface area contributed by atoms with Crippen molar-refractivity contribution < 1.29 is 24.0 Å². The van der Waals surface area contributed by atoms with E-state index >= 15 is 0 Å². The zero-order valence-electron chi connectivity index (χ0n) is 15.3. The van der Waals surface area contributed by atoms with Gasteiger partial charge in [-0.05, 0) is 11.4 Å². The lowest BCUT2D eigenvalue weighted by Gasteiger charge is -2.32.